The van der Waals surface area contributed by atoms with Crippen molar-refractivity contribution < 1.29 is 4.74 Å². The molecule has 1 fully saturated rings. The van der Waals surface area contributed by atoms with Crippen LogP contribution in [-0.2, 0) is 11.3 Å². The van der Waals surface area contributed by atoms with Crippen LogP contribution < -0.4 is 5.56 Å². The molecule has 1 saturated heterocycles. The van der Waals surface area contributed by atoms with Crippen LogP contribution in [0.25, 0.3) is 21.7 Å². The van der Waals surface area contributed by atoms with Gasteiger partial charge in [0.1, 0.15) is 0 Å². The van der Waals surface area contributed by atoms with Crippen molar-refractivity contribution in [1.29, 1.82) is 0 Å². The number of rotatable bonds is 2. The van der Waals surface area contributed by atoms with Gasteiger partial charge in [-0.2, -0.15) is 0 Å². The number of ether oxygens (including phenoxy) is 1. The number of hydrogen-bond acceptors (Lipinski definition) is 3. The van der Waals surface area contributed by atoms with Crippen LogP contribution in [0.15, 0.2) is 41.2 Å². The number of H-pyrrole nitrogens is 1. The molecule has 1 aliphatic rings. The van der Waals surface area contributed by atoms with E-state index in [0.29, 0.717) is 16.7 Å². The van der Waals surface area contributed by atoms with Crippen LogP contribution in [0.4, 0.5) is 0 Å². The largest absolute Gasteiger partial charge is 0.376 e. The normalized spacial score (nSPS) is 18.3. The number of nitrogens with zero attached hydrogens (tertiary/aromatic N) is 1. The molecule has 0 amide bonds. The molecule has 0 bridgehead atoms. The van der Waals surface area contributed by atoms with E-state index in [9.17, 15) is 4.79 Å². The standard InChI is InChI=1S/C17H16N2O2S/c20-16-14-8-11-4-1-2-5-12(11)9-15(14)18-17(22)19(16)10-13-6-3-7-21-13/h1-2,4-5,8-9,13H,3,6-7,10H2,(H,18,22). The molecular weight excluding hydrogens is 296 g/mol. The average molecular weight is 312 g/mol. The quantitative estimate of drug-likeness (QED) is 0.583. The Labute approximate surface area is 132 Å². The lowest BCUT2D eigenvalue weighted by Crippen LogP contribution is -2.27. The molecule has 1 aromatic heterocycles. The Morgan fingerprint density at radius 3 is 2.77 bits per heavy atom. The molecule has 4 rings (SSSR count). The number of nitrogens with one attached hydrogen (secondary N) is 1. The summed E-state index contributed by atoms with van der Waals surface area (Å²) in [5.74, 6) is 0. The van der Waals surface area contributed by atoms with Gasteiger partial charge in [0.2, 0.25) is 0 Å². The van der Waals surface area contributed by atoms with Crippen LogP contribution in [0.5, 0.6) is 0 Å². The van der Waals surface area contributed by atoms with Crippen molar-refractivity contribution in [2.24, 2.45) is 0 Å². The van der Waals surface area contributed by atoms with Gasteiger partial charge in [-0.1, -0.05) is 24.3 Å². The monoisotopic (exact) mass is 312 g/mol. The van der Waals surface area contributed by atoms with Crippen molar-refractivity contribution in [3.05, 3.63) is 51.5 Å². The van der Waals surface area contributed by atoms with Crippen LogP contribution in [0.1, 0.15) is 12.8 Å². The molecular formula is C17H16N2O2S. The van der Waals surface area contributed by atoms with E-state index in [1.165, 1.54) is 0 Å². The highest BCUT2D eigenvalue weighted by molar-refractivity contribution is 7.71. The van der Waals surface area contributed by atoms with Crippen molar-refractivity contribution in [2.45, 2.75) is 25.5 Å². The van der Waals surface area contributed by atoms with Gasteiger partial charge >= 0.3 is 0 Å². The first-order valence-corrected chi connectivity index (χ1v) is 7.90. The van der Waals surface area contributed by atoms with Gasteiger partial charge in [0.05, 0.1) is 23.6 Å². The SMILES string of the molecule is O=c1c2cc3ccccc3cc2[nH]c(=S)n1CC1CCCO1. The fourth-order valence-electron chi connectivity index (χ4n) is 3.10. The molecule has 1 atom stereocenters. The maximum atomic E-state index is 12.8. The minimum absolute atomic E-state index is 0.0417. The first-order chi connectivity index (χ1) is 10.7. The Morgan fingerprint density at radius 1 is 1.27 bits per heavy atom. The van der Waals surface area contributed by atoms with Crippen LogP contribution in [0.2, 0.25) is 0 Å². The third kappa shape index (κ3) is 2.26. The fraction of sp³-hybridized carbons (Fsp3) is 0.294. The van der Waals surface area contributed by atoms with Gasteiger partial charge < -0.3 is 9.72 Å². The molecule has 2 aromatic carbocycles. The average Bonchev–Trinajstić information content (AvgIpc) is 3.03. The van der Waals surface area contributed by atoms with Crippen LogP contribution in [-0.4, -0.2) is 22.3 Å². The molecule has 0 spiro atoms. The Balaban J connectivity index is 1.92. The highest BCUT2D eigenvalue weighted by Crippen LogP contribution is 2.20. The summed E-state index contributed by atoms with van der Waals surface area (Å²) in [5.41, 5.74) is 0.747. The molecule has 0 aliphatic carbocycles. The fourth-order valence-corrected chi connectivity index (χ4v) is 3.37. The zero-order valence-electron chi connectivity index (χ0n) is 12.0. The molecule has 0 saturated carbocycles. The summed E-state index contributed by atoms with van der Waals surface area (Å²) >= 11 is 5.38. The molecule has 1 N–H and O–H groups in total. The Bertz CT molecular complexity index is 968. The summed E-state index contributed by atoms with van der Waals surface area (Å²) in [5, 5.41) is 2.82. The number of aromatic nitrogens is 2. The van der Waals surface area contributed by atoms with Crippen molar-refractivity contribution >= 4 is 33.9 Å². The zero-order chi connectivity index (χ0) is 15.1. The van der Waals surface area contributed by atoms with Crippen LogP contribution in [0, 0.1) is 4.77 Å². The van der Waals surface area contributed by atoms with Crippen LogP contribution >= 0.6 is 12.2 Å². The second kappa shape index (κ2) is 5.34. The molecule has 22 heavy (non-hydrogen) atoms. The van der Waals surface area contributed by atoms with E-state index < -0.39 is 0 Å². The van der Waals surface area contributed by atoms with E-state index in [0.717, 1.165) is 35.7 Å². The minimum atomic E-state index is -0.0417. The number of hydrogen-bond donors (Lipinski definition) is 1. The molecule has 0 radical (unpaired) electrons. The van der Waals surface area contributed by atoms with Crippen molar-refractivity contribution in [3.63, 3.8) is 0 Å². The summed E-state index contributed by atoms with van der Waals surface area (Å²) in [7, 11) is 0. The van der Waals surface area contributed by atoms with Crippen molar-refractivity contribution in [1.82, 2.24) is 9.55 Å². The maximum absolute atomic E-state index is 12.8. The molecule has 1 aliphatic heterocycles. The molecule has 2 heterocycles. The van der Waals surface area contributed by atoms with Crippen molar-refractivity contribution in [3.8, 4) is 0 Å². The van der Waals surface area contributed by atoms with E-state index in [2.05, 4.69) is 4.98 Å². The van der Waals surface area contributed by atoms with E-state index in [1.54, 1.807) is 4.57 Å². The zero-order valence-corrected chi connectivity index (χ0v) is 12.9. The predicted molar refractivity (Wildman–Crippen MR) is 89.9 cm³/mol. The summed E-state index contributed by atoms with van der Waals surface area (Å²) in [6, 6.07) is 11.9. The molecule has 1 unspecified atom stereocenters. The van der Waals surface area contributed by atoms with Gasteiger partial charge in [0.25, 0.3) is 5.56 Å². The number of fused-ring (bicyclic) bond motifs is 2. The van der Waals surface area contributed by atoms with Crippen LogP contribution in [0.3, 0.4) is 0 Å². The van der Waals surface area contributed by atoms with Gasteiger partial charge in [-0.3, -0.25) is 9.36 Å². The third-order valence-electron chi connectivity index (χ3n) is 4.26. The molecule has 112 valence electrons. The highest BCUT2D eigenvalue weighted by Gasteiger charge is 2.18. The summed E-state index contributed by atoms with van der Waals surface area (Å²) in [6.07, 6.45) is 2.12. The Kier molecular flexibility index (Phi) is 3.32. The lowest BCUT2D eigenvalue weighted by Gasteiger charge is -2.13. The Hall–Kier alpha value is -1.98. The first-order valence-electron chi connectivity index (χ1n) is 7.49. The highest BCUT2D eigenvalue weighted by atomic mass is 32.1. The second-order valence-electron chi connectivity index (χ2n) is 5.73. The van der Waals surface area contributed by atoms with Gasteiger partial charge in [-0.05, 0) is 48.0 Å². The molecule has 5 heteroatoms. The number of benzene rings is 2. The topological polar surface area (TPSA) is 47.0 Å². The summed E-state index contributed by atoms with van der Waals surface area (Å²) in [6.45, 7) is 1.30. The van der Waals surface area contributed by atoms with Crippen molar-refractivity contribution in [2.75, 3.05) is 6.61 Å². The molecule has 3 aromatic rings. The minimum Gasteiger partial charge on any atom is -0.376 e. The van der Waals surface area contributed by atoms with Gasteiger partial charge in [0.15, 0.2) is 4.77 Å². The van der Waals surface area contributed by atoms with Gasteiger partial charge in [-0.15, -0.1) is 0 Å². The first kappa shape index (κ1) is 13.7. The van der Waals surface area contributed by atoms with E-state index in [1.807, 2.05) is 36.4 Å². The lowest BCUT2D eigenvalue weighted by molar-refractivity contribution is 0.0957. The smallest absolute Gasteiger partial charge is 0.262 e. The van der Waals surface area contributed by atoms with E-state index in [4.69, 9.17) is 17.0 Å². The predicted octanol–water partition coefficient (Wildman–Crippen LogP) is 3.39. The van der Waals surface area contributed by atoms with E-state index >= 15 is 0 Å². The Morgan fingerprint density at radius 2 is 2.05 bits per heavy atom. The maximum Gasteiger partial charge on any atom is 0.262 e. The van der Waals surface area contributed by atoms with Gasteiger partial charge in [-0.25, -0.2) is 0 Å². The number of aromatic amines is 1. The third-order valence-corrected chi connectivity index (χ3v) is 4.58. The van der Waals surface area contributed by atoms with Gasteiger partial charge in [0, 0.05) is 6.61 Å². The van der Waals surface area contributed by atoms with E-state index in [-0.39, 0.29) is 11.7 Å². The molecule has 4 nitrogen and oxygen atoms in total. The lowest BCUT2D eigenvalue weighted by atomic mass is 10.1. The summed E-state index contributed by atoms with van der Waals surface area (Å²) < 4.78 is 7.72. The summed E-state index contributed by atoms with van der Waals surface area (Å²) in [4.78, 5) is 16.0. The second-order valence-corrected chi connectivity index (χ2v) is 6.11.